The zero-order chi connectivity index (χ0) is 18.2. The number of nitrogens with one attached hydrogen (secondary N) is 1. The van der Waals surface area contributed by atoms with E-state index in [1.54, 1.807) is 12.4 Å². The predicted molar refractivity (Wildman–Crippen MR) is 109 cm³/mol. The summed E-state index contributed by atoms with van der Waals surface area (Å²) in [5.41, 5.74) is 3.71. The summed E-state index contributed by atoms with van der Waals surface area (Å²) in [5, 5.41) is 3.40. The molecule has 3 heteroatoms. The number of ether oxygens (including phenoxy) is 1. The SMILES string of the molecule is CC1CCCCC1.CC1COc2ccc(CNc3ccncc3)cc2C1. The van der Waals surface area contributed by atoms with Gasteiger partial charge in [0.05, 0.1) is 6.61 Å². The van der Waals surface area contributed by atoms with Crippen LogP contribution in [0.2, 0.25) is 0 Å². The first-order valence-corrected chi connectivity index (χ1v) is 10.1. The van der Waals surface area contributed by atoms with E-state index in [-0.39, 0.29) is 0 Å². The van der Waals surface area contributed by atoms with Crippen LogP contribution in [0.4, 0.5) is 5.69 Å². The van der Waals surface area contributed by atoms with Crippen LogP contribution in [-0.2, 0) is 13.0 Å². The van der Waals surface area contributed by atoms with Gasteiger partial charge in [-0.2, -0.15) is 0 Å². The summed E-state index contributed by atoms with van der Waals surface area (Å²) in [7, 11) is 0. The second-order valence-electron chi connectivity index (χ2n) is 7.89. The molecule has 1 fully saturated rings. The second kappa shape index (κ2) is 9.61. The average Bonchev–Trinajstić information content (AvgIpc) is 2.68. The maximum absolute atomic E-state index is 5.72. The van der Waals surface area contributed by atoms with Gasteiger partial charge in [0.1, 0.15) is 5.75 Å². The number of nitrogens with zero attached hydrogens (tertiary/aromatic N) is 1. The number of pyridine rings is 1. The molecule has 4 rings (SSSR count). The Morgan fingerprint density at radius 2 is 1.77 bits per heavy atom. The highest BCUT2D eigenvalue weighted by atomic mass is 16.5. The molecule has 0 saturated heterocycles. The number of benzene rings is 1. The van der Waals surface area contributed by atoms with E-state index in [4.69, 9.17) is 4.74 Å². The first kappa shape index (κ1) is 18.8. The topological polar surface area (TPSA) is 34.1 Å². The van der Waals surface area contributed by atoms with E-state index in [1.165, 1.54) is 43.2 Å². The van der Waals surface area contributed by atoms with E-state index >= 15 is 0 Å². The highest BCUT2D eigenvalue weighted by Gasteiger charge is 2.16. The molecule has 1 N–H and O–H groups in total. The van der Waals surface area contributed by atoms with E-state index in [1.807, 2.05) is 12.1 Å². The minimum Gasteiger partial charge on any atom is -0.493 e. The predicted octanol–water partition coefficient (Wildman–Crippen LogP) is 5.85. The van der Waals surface area contributed by atoms with E-state index < -0.39 is 0 Å². The lowest BCUT2D eigenvalue weighted by Gasteiger charge is -2.23. The zero-order valence-electron chi connectivity index (χ0n) is 16.2. The summed E-state index contributed by atoms with van der Waals surface area (Å²) in [6.07, 6.45) is 12.1. The molecule has 2 aliphatic rings. The Bertz CT molecular complexity index is 665. The van der Waals surface area contributed by atoms with E-state index in [9.17, 15) is 0 Å². The van der Waals surface area contributed by atoms with Crippen LogP contribution in [0.15, 0.2) is 42.7 Å². The fraction of sp³-hybridized carbons (Fsp3) is 0.522. The smallest absolute Gasteiger partial charge is 0.122 e. The Kier molecular flexibility index (Phi) is 6.93. The Hall–Kier alpha value is -2.03. The van der Waals surface area contributed by atoms with Gasteiger partial charge in [0, 0.05) is 24.6 Å². The van der Waals surface area contributed by atoms with E-state index in [0.29, 0.717) is 5.92 Å². The Balaban J connectivity index is 0.000000236. The third-order valence-electron chi connectivity index (χ3n) is 5.29. The van der Waals surface area contributed by atoms with Crippen molar-refractivity contribution < 1.29 is 4.74 Å². The van der Waals surface area contributed by atoms with Crippen LogP contribution in [0.3, 0.4) is 0 Å². The van der Waals surface area contributed by atoms with Crippen LogP contribution >= 0.6 is 0 Å². The number of aromatic nitrogens is 1. The molecule has 3 nitrogen and oxygen atoms in total. The number of rotatable bonds is 3. The van der Waals surface area contributed by atoms with Crippen molar-refractivity contribution in [3.05, 3.63) is 53.9 Å². The summed E-state index contributed by atoms with van der Waals surface area (Å²) in [6.45, 7) is 6.25. The number of fused-ring (bicyclic) bond motifs is 1. The van der Waals surface area contributed by atoms with Gasteiger partial charge in [-0.15, -0.1) is 0 Å². The largest absolute Gasteiger partial charge is 0.493 e. The molecule has 1 aliphatic carbocycles. The molecule has 2 heterocycles. The summed E-state index contributed by atoms with van der Waals surface area (Å²) in [4.78, 5) is 4.01. The molecule has 140 valence electrons. The van der Waals surface area contributed by atoms with Crippen molar-refractivity contribution in [1.29, 1.82) is 0 Å². The van der Waals surface area contributed by atoms with Crippen LogP contribution in [0, 0.1) is 11.8 Å². The molecule has 1 aromatic heterocycles. The summed E-state index contributed by atoms with van der Waals surface area (Å²) in [5.74, 6) is 2.69. The molecule has 1 atom stereocenters. The Labute approximate surface area is 158 Å². The van der Waals surface area contributed by atoms with Crippen molar-refractivity contribution in [3.8, 4) is 5.75 Å². The average molecular weight is 353 g/mol. The van der Waals surface area contributed by atoms with Gasteiger partial charge in [-0.1, -0.05) is 58.1 Å². The van der Waals surface area contributed by atoms with Crippen molar-refractivity contribution >= 4 is 5.69 Å². The Morgan fingerprint density at radius 1 is 1.00 bits per heavy atom. The highest BCUT2D eigenvalue weighted by Crippen LogP contribution is 2.28. The van der Waals surface area contributed by atoms with Crippen molar-refractivity contribution in [2.45, 2.75) is 58.9 Å². The normalized spacial score (nSPS) is 19.5. The first-order valence-electron chi connectivity index (χ1n) is 10.1. The van der Waals surface area contributed by atoms with Crippen molar-refractivity contribution in [1.82, 2.24) is 4.98 Å². The van der Waals surface area contributed by atoms with Gasteiger partial charge in [0.15, 0.2) is 0 Å². The molecule has 0 spiro atoms. The quantitative estimate of drug-likeness (QED) is 0.752. The minimum atomic E-state index is 0.607. The molecular formula is C23H32N2O. The fourth-order valence-corrected chi connectivity index (χ4v) is 3.69. The van der Waals surface area contributed by atoms with Gasteiger partial charge >= 0.3 is 0 Å². The fourth-order valence-electron chi connectivity index (χ4n) is 3.69. The van der Waals surface area contributed by atoms with Crippen LogP contribution in [-0.4, -0.2) is 11.6 Å². The van der Waals surface area contributed by atoms with Crippen molar-refractivity contribution in [2.24, 2.45) is 11.8 Å². The number of anilines is 1. The summed E-state index contributed by atoms with van der Waals surface area (Å²) < 4.78 is 5.72. The van der Waals surface area contributed by atoms with Gasteiger partial charge < -0.3 is 10.1 Å². The van der Waals surface area contributed by atoms with Gasteiger partial charge in [0.25, 0.3) is 0 Å². The van der Waals surface area contributed by atoms with Crippen molar-refractivity contribution in [2.75, 3.05) is 11.9 Å². The molecule has 1 aliphatic heterocycles. The molecule has 1 unspecified atom stereocenters. The second-order valence-corrected chi connectivity index (χ2v) is 7.89. The minimum absolute atomic E-state index is 0.607. The summed E-state index contributed by atoms with van der Waals surface area (Å²) in [6, 6.07) is 10.4. The zero-order valence-corrected chi connectivity index (χ0v) is 16.2. The maximum atomic E-state index is 5.72. The number of hydrogen-bond acceptors (Lipinski definition) is 3. The molecule has 0 bridgehead atoms. The lowest BCUT2D eigenvalue weighted by atomic mass is 9.91. The summed E-state index contributed by atoms with van der Waals surface area (Å²) >= 11 is 0. The van der Waals surface area contributed by atoms with Gasteiger partial charge in [0.2, 0.25) is 0 Å². The maximum Gasteiger partial charge on any atom is 0.122 e. The Morgan fingerprint density at radius 3 is 2.46 bits per heavy atom. The van der Waals surface area contributed by atoms with Crippen molar-refractivity contribution in [3.63, 3.8) is 0 Å². The molecular weight excluding hydrogens is 320 g/mol. The third kappa shape index (κ3) is 5.76. The van der Waals surface area contributed by atoms with Gasteiger partial charge in [-0.05, 0) is 47.6 Å². The van der Waals surface area contributed by atoms with Crippen LogP contribution in [0.5, 0.6) is 5.75 Å². The third-order valence-corrected chi connectivity index (χ3v) is 5.29. The molecule has 26 heavy (non-hydrogen) atoms. The number of hydrogen-bond donors (Lipinski definition) is 1. The van der Waals surface area contributed by atoms with Gasteiger partial charge in [-0.3, -0.25) is 4.98 Å². The standard InChI is InChI=1S/C16H18N2O.C7H14/c1-12-8-14-9-13(2-3-16(14)19-11-12)10-18-15-4-6-17-7-5-15;1-7-5-3-2-4-6-7/h2-7,9,12H,8,10-11H2,1H3,(H,17,18);7H,2-6H2,1H3. The van der Waals surface area contributed by atoms with Crippen LogP contribution in [0.25, 0.3) is 0 Å². The molecule has 1 saturated carbocycles. The first-order chi connectivity index (χ1) is 12.7. The molecule has 1 aromatic carbocycles. The molecule has 2 aromatic rings. The monoisotopic (exact) mass is 352 g/mol. The lowest BCUT2D eigenvalue weighted by molar-refractivity contribution is 0.234. The molecule has 0 radical (unpaired) electrons. The van der Waals surface area contributed by atoms with E-state index in [2.05, 4.69) is 42.3 Å². The van der Waals surface area contributed by atoms with Crippen LogP contribution < -0.4 is 10.1 Å². The lowest BCUT2D eigenvalue weighted by Crippen LogP contribution is -2.18. The van der Waals surface area contributed by atoms with E-state index in [0.717, 1.165) is 36.9 Å². The van der Waals surface area contributed by atoms with Crippen LogP contribution in [0.1, 0.15) is 57.1 Å². The molecule has 0 amide bonds. The van der Waals surface area contributed by atoms with Gasteiger partial charge in [-0.25, -0.2) is 0 Å². The highest BCUT2D eigenvalue weighted by molar-refractivity contribution is 5.44.